The fraction of sp³-hybridized carbons (Fsp3) is 0.500. The van der Waals surface area contributed by atoms with Crippen molar-refractivity contribution in [1.29, 1.82) is 0 Å². The summed E-state index contributed by atoms with van der Waals surface area (Å²) in [5, 5.41) is 4.28. The monoisotopic (exact) mass is 224 g/mol. The molecule has 0 amide bonds. The minimum Gasteiger partial charge on any atom is -0.312 e. The van der Waals surface area contributed by atoms with Crippen LogP contribution in [-0.2, 0) is 19.5 Å². The van der Waals surface area contributed by atoms with Gasteiger partial charge in [-0.3, -0.25) is 0 Å². The van der Waals surface area contributed by atoms with Gasteiger partial charge in [0.25, 0.3) is 0 Å². The van der Waals surface area contributed by atoms with Gasteiger partial charge in [0, 0.05) is 18.1 Å². The highest BCUT2D eigenvalue weighted by Crippen LogP contribution is 2.24. The molecular weight excluding hydrogens is 208 g/mol. The third kappa shape index (κ3) is 2.51. The van der Waals surface area contributed by atoms with Crippen LogP contribution in [0, 0.1) is 0 Å². The van der Waals surface area contributed by atoms with Gasteiger partial charge in [0.1, 0.15) is 0 Å². The predicted octanol–water partition coefficient (Wildman–Crippen LogP) is 2.05. The maximum Gasteiger partial charge on any atom is 0.0412 e. The third-order valence-electron chi connectivity index (χ3n) is 2.76. The van der Waals surface area contributed by atoms with E-state index in [0.29, 0.717) is 0 Å². The van der Waals surface area contributed by atoms with Gasteiger partial charge < -0.3 is 10.2 Å². The van der Waals surface area contributed by atoms with E-state index in [-0.39, 0.29) is 0 Å². The molecule has 0 spiro atoms. The van der Waals surface area contributed by atoms with Gasteiger partial charge in [0.05, 0.1) is 0 Å². The van der Waals surface area contributed by atoms with E-state index in [0.717, 1.165) is 31.1 Å². The van der Waals surface area contributed by atoms with Gasteiger partial charge in [-0.1, -0.05) is 11.6 Å². The van der Waals surface area contributed by atoms with Crippen LogP contribution in [0.3, 0.4) is 0 Å². The lowest BCUT2D eigenvalue weighted by Crippen LogP contribution is -2.26. The van der Waals surface area contributed by atoms with Gasteiger partial charge in [0.2, 0.25) is 0 Å². The summed E-state index contributed by atoms with van der Waals surface area (Å²) in [5.74, 6) is 0. The zero-order chi connectivity index (χ0) is 10.8. The molecule has 0 unspecified atom stereocenters. The second-order valence-electron chi connectivity index (χ2n) is 4.37. The Labute approximate surface area is 96.2 Å². The first-order valence-corrected chi connectivity index (χ1v) is 5.70. The highest BCUT2D eigenvalue weighted by atomic mass is 35.5. The van der Waals surface area contributed by atoms with Crippen LogP contribution < -0.4 is 5.32 Å². The number of benzene rings is 1. The molecule has 0 aliphatic carbocycles. The Morgan fingerprint density at radius 1 is 1.40 bits per heavy atom. The van der Waals surface area contributed by atoms with E-state index < -0.39 is 0 Å². The molecule has 1 aliphatic heterocycles. The summed E-state index contributed by atoms with van der Waals surface area (Å²) in [6, 6.07) is 4.20. The van der Waals surface area contributed by atoms with Gasteiger partial charge in [-0.05, 0) is 55.9 Å². The molecule has 0 aromatic heterocycles. The average Bonchev–Trinajstić information content (AvgIpc) is 2.16. The van der Waals surface area contributed by atoms with Gasteiger partial charge in [-0.2, -0.15) is 0 Å². The lowest BCUT2D eigenvalue weighted by molar-refractivity contribution is 0.399. The summed E-state index contributed by atoms with van der Waals surface area (Å²) in [6.45, 7) is 3.01. The molecule has 1 aliphatic rings. The zero-order valence-corrected chi connectivity index (χ0v) is 10.1. The van der Waals surface area contributed by atoms with Crippen molar-refractivity contribution in [3.63, 3.8) is 0 Å². The molecule has 0 saturated heterocycles. The Morgan fingerprint density at radius 2 is 2.20 bits per heavy atom. The van der Waals surface area contributed by atoms with E-state index in [1.54, 1.807) is 0 Å². The van der Waals surface area contributed by atoms with Crippen molar-refractivity contribution >= 4 is 11.6 Å². The highest BCUT2D eigenvalue weighted by Gasteiger charge is 2.14. The molecule has 0 atom stereocenters. The normalized spacial score (nSPS) is 15.5. The topological polar surface area (TPSA) is 15.3 Å². The minimum absolute atomic E-state index is 0.868. The van der Waals surface area contributed by atoms with Crippen LogP contribution in [0.25, 0.3) is 0 Å². The molecule has 0 bridgehead atoms. The maximum absolute atomic E-state index is 6.13. The van der Waals surface area contributed by atoms with Gasteiger partial charge in [-0.25, -0.2) is 0 Å². The summed E-state index contributed by atoms with van der Waals surface area (Å²) in [4.78, 5) is 2.18. The number of fused-ring (bicyclic) bond motifs is 1. The molecule has 1 N–H and O–H groups in total. The molecule has 0 saturated carbocycles. The number of halogens is 1. The first-order chi connectivity index (χ1) is 7.16. The highest BCUT2D eigenvalue weighted by molar-refractivity contribution is 6.30. The SMILES string of the molecule is CN(C)Cc1cc(Cl)cc2c1CNCC2. The number of hydrogen-bond donors (Lipinski definition) is 1. The number of nitrogens with one attached hydrogen (secondary N) is 1. The van der Waals surface area contributed by atoms with Crippen molar-refractivity contribution in [1.82, 2.24) is 10.2 Å². The minimum atomic E-state index is 0.868. The summed E-state index contributed by atoms with van der Waals surface area (Å²) < 4.78 is 0. The fourth-order valence-corrected chi connectivity index (χ4v) is 2.39. The lowest BCUT2D eigenvalue weighted by atomic mass is 9.96. The Bertz CT molecular complexity index is 361. The summed E-state index contributed by atoms with van der Waals surface area (Å²) in [7, 11) is 4.17. The molecule has 1 aromatic carbocycles. The smallest absolute Gasteiger partial charge is 0.0412 e. The Kier molecular flexibility index (Phi) is 3.29. The van der Waals surface area contributed by atoms with E-state index in [2.05, 4.69) is 36.4 Å². The maximum atomic E-state index is 6.13. The van der Waals surface area contributed by atoms with E-state index in [9.17, 15) is 0 Å². The molecular formula is C12H17ClN2. The summed E-state index contributed by atoms with van der Waals surface area (Å²) >= 11 is 6.13. The first-order valence-electron chi connectivity index (χ1n) is 5.32. The molecule has 0 radical (unpaired) electrons. The largest absolute Gasteiger partial charge is 0.312 e. The van der Waals surface area contributed by atoms with Crippen molar-refractivity contribution in [3.05, 3.63) is 33.8 Å². The van der Waals surface area contributed by atoms with Gasteiger partial charge in [0.15, 0.2) is 0 Å². The molecule has 3 heteroatoms. The quantitative estimate of drug-likeness (QED) is 0.827. The number of hydrogen-bond acceptors (Lipinski definition) is 2. The predicted molar refractivity (Wildman–Crippen MR) is 64.3 cm³/mol. The molecule has 15 heavy (non-hydrogen) atoms. The van der Waals surface area contributed by atoms with Crippen molar-refractivity contribution < 1.29 is 0 Å². The zero-order valence-electron chi connectivity index (χ0n) is 9.31. The first kappa shape index (κ1) is 10.9. The molecule has 0 fully saturated rings. The third-order valence-corrected chi connectivity index (χ3v) is 2.98. The summed E-state index contributed by atoms with van der Waals surface area (Å²) in [6.07, 6.45) is 1.09. The van der Waals surface area contributed by atoms with E-state index in [4.69, 9.17) is 11.6 Å². The van der Waals surface area contributed by atoms with E-state index >= 15 is 0 Å². The van der Waals surface area contributed by atoms with Crippen LogP contribution in [-0.4, -0.2) is 25.5 Å². The average molecular weight is 225 g/mol. The molecule has 1 heterocycles. The van der Waals surface area contributed by atoms with Crippen molar-refractivity contribution in [2.75, 3.05) is 20.6 Å². The number of nitrogens with zero attached hydrogens (tertiary/aromatic N) is 1. The van der Waals surface area contributed by atoms with Crippen LogP contribution >= 0.6 is 11.6 Å². The number of rotatable bonds is 2. The summed E-state index contributed by atoms with van der Waals surface area (Å²) in [5.41, 5.74) is 4.21. The molecule has 2 rings (SSSR count). The lowest BCUT2D eigenvalue weighted by Gasteiger charge is -2.22. The van der Waals surface area contributed by atoms with Crippen LogP contribution in [0.1, 0.15) is 16.7 Å². The van der Waals surface area contributed by atoms with Crippen LogP contribution in [0.5, 0.6) is 0 Å². The van der Waals surface area contributed by atoms with Crippen molar-refractivity contribution in [3.8, 4) is 0 Å². The Morgan fingerprint density at radius 3 is 2.93 bits per heavy atom. The molecule has 2 nitrogen and oxygen atoms in total. The van der Waals surface area contributed by atoms with E-state index in [1.165, 1.54) is 16.7 Å². The molecule has 1 aromatic rings. The van der Waals surface area contributed by atoms with Gasteiger partial charge >= 0.3 is 0 Å². The Balaban J connectivity index is 2.38. The fourth-order valence-electron chi connectivity index (χ4n) is 2.12. The standard InChI is InChI=1S/C12H17ClN2/c1-15(2)8-10-6-11(13)5-9-3-4-14-7-12(9)10/h5-6,14H,3-4,7-8H2,1-2H3. The van der Waals surface area contributed by atoms with E-state index in [1.807, 2.05) is 0 Å². The van der Waals surface area contributed by atoms with Gasteiger partial charge in [-0.15, -0.1) is 0 Å². The van der Waals surface area contributed by atoms with Crippen LogP contribution in [0.4, 0.5) is 0 Å². The van der Waals surface area contributed by atoms with Crippen LogP contribution in [0.15, 0.2) is 12.1 Å². The molecule has 82 valence electrons. The van der Waals surface area contributed by atoms with Crippen LogP contribution in [0.2, 0.25) is 5.02 Å². The Hall–Kier alpha value is -0.570. The second-order valence-corrected chi connectivity index (χ2v) is 4.80. The van der Waals surface area contributed by atoms with Crippen molar-refractivity contribution in [2.45, 2.75) is 19.5 Å². The second kappa shape index (κ2) is 4.52. The van der Waals surface area contributed by atoms with Crippen molar-refractivity contribution in [2.24, 2.45) is 0 Å².